The minimum absolute atomic E-state index is 0.0446. The molecular weight excluding hydrogens is 414 g/mol. The van der Waals surface area contributed by atoms with Crippen LogP contribution in [0.1, 0.15) is 18.9 Å². The number of nitrogens with two attached hydrogens (primary N) is 1. The van der Waals surface area contributed by atoms with Crippen LogP contribution in [0.3, 0.4) is 0 Å². The van der Waals surface area contributed by atoms with E-state index in [0.717, 1.165) is 53.0 Å². The number of pyridine rings is 1. The molecule has 4 aromatic rings. The molecule has 1 saturated heterocycles. The van der Waals surface area contributed by atoms with Gasteiger partial charge in [0.2, 0.25) is 5.91 Å². The molecule has 0 aliphatic carbocycles. The van der Waals surface area contributed by atoms with E-state index in [4.69, 9.17) is 15.6 Å². The van der Waals surface area contributed by atoms with Crippen LogP contribution in [0.4, 0.5) is 5.69 Å². The van der Waals surface area contributed by atoms with E-state index in [9.17, 15) is 4.79 Å². The fourth-order valence-corrected chi connectivity index (χ4v) is 4.38. The Morgan fingerprint density at radius 3 is 2.61 bits per heavy atom. The highest BCUT2D eigenvalue weighted by Crippen LogP contribution is 2.36. The van der Waals surface area contributed by atoms with Crippen molar-refractivity contribution in [2.75, 3.05) is 18.8 Å². The van der Waals surface area contributed by atoms with Gasteiger partial charge in [0.25, 0.3) is 0 Å². The van der Waals surface area contributed by atoms with Gasteiger partial charge in [-0.15, -0.1) is 0 Å². The Labute approximate surface area is 192 Å². The molecule has 0 saturated carbocycles. The molecule has 1 aliphatic rings. The molecule has 0 spiro atoms. The van der Waals surface area contributed by atoms with Crippen molar-refractivity contribution in [2.24, 2.45) is 0 Å². The molecule has 1 aliphatic heterocycles. The fourth-order valence-electron chi connectivity index (χ4n) is 4.38. The minimum atomic E-state index is -0.0528. The predicted molar refractivity (Wildman–Crippen MR) is 129 cm³/mol. The lowest BCUT2D eigenvalue weighted by Crippen LogP contribution is -2.40. The summed E-state index contributed by atoms with van der Waals surface area (Å²) in [5, 5.41) is 5.84. The van der Waals surface area contributed by atoms with E-state index >= 15 is 0 Å². The number of hydrogen-bond donors (Lipinski definition) is 1. The molecule has 7 heteroatoms. The third-order valence-electron chi connectivity index (χ3n) is 5.98. The van der Waals surface area contributed by atoms with Gasteiger partial charge in [-0.05, 0) is 55.3 Å². The molecule has 5 rings (SSSR count). The van der Waals surface area contributed by atoms with E-state index in [-0.39, 0.29) is 11.9 Å². The monoisotopic (exact) mass is 439 g/mol. The molecule has 166 valence electrons. The number of ether oxygens (including phenoxy) is 1. The zero-order valence-electron chi connectivity index (χ0n) is 18.2. The van der Waals surface area contributed by atoms with Gasteiger partial charge in [-0.3, -0.25) is 14.5 Å². The summed E-state index contributed by atoms with van der Waals surface area (Å²) in [6.07, 6.45) is 6.65. The summed E-state index contributed by atoms with van der Waals surface area (Å²) >= 11 is 0. The van der Waals surface area contributed by atoms with Crippen LogP contribution < -0.4 is 10.5 Å². The molecule has 0 bridgehead atoms. The maximum atomic E-state index is 12.2. The highest BCUT2D eigenvalue weighted by molar-refractivity contribution is 6.01. The first kappa shape index (κ1) is 20.8. The zero-order valence-corrected chi connectivity index (χ0v) is 18.2. The summed E-state index contributed by atoms with van der Waals surface area (Å²) in [5.74, 6) is 1.48. The van der Waals surface area contributed by atoms with Gasteiger partial charge in [-0.1, -0.05) is 24.8 Å². The van der Waals surface area contributed by atoms with Crippen LogP contribution in [-0.4, -0.2) is 38.7 Å². The molecule has 2 aromatic heterocycles. The van der Waals surface area contributed by atoms with Gasteiger partial charge in [0, 0.05) is 18.7 Å². The molecule has 0 unspecified atom stereocenters. The molecule has 1 atom stereocenters. The number of rotatable bonds is 5. The van der Waals surface area contributed by atoms with Crippen molar-refractivity contribution >= 4 is 22.5 Å². The summed E-state index contributed by atoms with van der Waals surface area (Å²) in [6.45, 7) is 4.94. The molecule has 0 radical (unpaired) electrons. The van der Waals surface area contributed by atoms with Crippen molar-refractivity contribution in [3.05, 3.63) is 79.6 Å². The van der Waals surface area contributed by atoms with Gasteiger partial charge in [-0.25, -0.2) is 0 Å². The Hall–Kier alpha value is -4.13. The van der Waals surface area contributed by atoms with Crippen molar-refractivity contribution in [2.45, 2.75) is 18.9 Å². The Morgan fingerprint density at radius 1 is 1.09 bits per heavy atom. The molecule has 3 heterocycles. The minimum Gasteiger partial charge on any atom is -0.457 e. The average Bonchev–Trinajstić information content (AvgIpc) is 3.26. The third-order valence-corrected chi connectivity index (χ3v) is 5.98. The number of nitrogen functional groups attached to an aromatic ring is 1. The van der Waals surface area contributed by atoms with E-state index in [1.54, 1.807) is 12.4 Å². The number of piperidine rings is 1. The number of aromatic nitrogens is 3. The number of carbonyl (C=O) groups excluding carboxylic acids is 1. The van der Waals surface area contributed by atoms with Crippen LogP contribution >= 0.6 is 0 Å². The molecule has 2 aromatic carbocycles. The number of likely N-dealkylation sites (tertiary alicyclic amines) is 1. The van der Waals surface area contributed by atoms with E-state index in [1.807, 2.05) is 64.2 Å². The molecule has 1 amide bonds. The van der Waals surface area contributed by atoms with Crippen molar-refractivity contribution in [3.63, 3.8) is 0 Å². The number of carbonyl (C=O) groups is 1. The zero-order chi connectivity index (χ0) is 22.8. The van der Waals surface area contributed by atoms with Gasteiger partial charge in [0.1, 0.15) is 17.2 Å². The third kappa shape index (κ3) is 4.05. The second-order valence-corrected chi connectivity index (χ2v) is 8.14. The van der Waals surface area contributed by atoms with Crippen LogP contribution in [-0.2, 0) is 4.79 Å². The normalized spacial score (nSPS) is 16.0. The molecule has 33 heavy (non-hydrogen) atoms. The topological polar surface area (TPSA) is 86.3 Å². The number of nitrogens with zero attached hydrogens (tertiary/aromatic N) is 4. The smallest absolute Gasteiger partial charge is 0.246 e. The fraction of sp³-hybridized carbons (Fsp3) is 0.192. The molecule has 7 nitrogen and oxygen atoms in total. The van der Waals surface area contributed by atoms with Crippen LogP contribution in [0.15, 0.2) is 79.6 Å². The van der Waals surface area contributed by atoms with Crippen LogP contribution in [0, 0.1) is 0 Å². The average molecular weight is 440 g/mol. The SMILES string of the molecule is C=CC(=O)N1CCC[C@@H](n2nc(-c3ccc(Oc4ccccc4)cc3)c3c(N)cncc32)C1. The molecule has 2 N–H and O–H groups in total. The molecular formula is C26H25N5O2. The van der Waals surface area contributed by atoms with Gasteiger partial charge in [-0.2, -0.15) is 5.10 Å². The molecule has 1 fully saturated rings. The van der Waals surface area contributed by atoms with E-state index in [1.165, 1.54) is 6.08 Å². The summed E-state index contributed by atoms with van der Waals surface area (Å²) in [5.41, 5.74) is 9.52. The van der Waals surface area contributed by atoms with E-state index in [0.29, 0.717) is 12.2 Å². The highest BCUT2D eigenvalue weighted by atomic mass is 16.5. The van der Waals surface area contributed by atoms with Crippen molar-refractivity contribution in [1.82, 2.24) is 19.7 Å². The highest BCUT2D eigenvalue weighted by Gasteiger charge is 2.27. The van der Waals surface area contributed by atoms with Gasteiger partial charge in [0.05, 0.1) is 35.0 Å². The number of hydrogen-bond acceptors (Lipinski definition) is 5. The van der Waals surface area contributed by atoms with Crippen LogP contribution in [0.25, 0.3) is 22.2 Å². The van der Waals surface area contributed by atoms with Gasteiger partial charge >= 0.3 is 0 Å². The van der Waals surface area contributed by atoms with E-state index < -0.39 is 0 Å². The number of amides is 1. The standard InChI is InChI=1S/C26H25N5O2/c1-2-24(32)30-14-6-7-19(17-30)31-23-16-28-15-22(27)25(23)26(29-31)18-10-12-21(13-11-18)33-20-8-4-3-5-9-20/h2-5,8-13,15-16,19H,1,6-7,14,17,27H2/t19-/m1/s1. The van der Waals surface area contributed by atoms with Gasteiger partial charge in [0.15, 0.2) is 0 Å². The number of benzene rings is 2. The van der Waals surface area contributed by atoms with Crippen molar-refractivity contribution in [1.29, 1.82) is 0 Å². The first-order valence-electron chi connectivity index (χ1n) is 11.0. The Morgan fingerprint density at radius 2 is 1.85 bits per heavy atom. The summed E-state index contributed by atoms with van der Waals surface area (Å²) in [6, 6.07) is 17.5. The summed E-state index contributed by atoms with van der Waals surface area (Å²) in [4.78, 5) is 18.3. The first-order chi connectivity index (χ1) is 16.1. The quantitative estimate of drug-likeness (QED) is 0.451. The number of para-hydroxylation sites is 1. The van der Waals surface area contributed by atoms with Crippen LogP contribution in [0.2, 0.25) is 0 Å². The largest absolute Gasteiger partial charge is 0.457 e. The number of fused-ring (bicyclic) bond motifs is 1. The maximum absolute atomic E-state index is 12.2. The predicted octanol–water partition coefficient (Wildman–Crippen LogP) is 4.82. The van der Waals surface area contributed by atoms with E-state index in [2.05, 4.69) is 11.6 Å². The van der Waals surface area contributed by atoms with Gasteiger partial charge < -0.3 is 15.4 Å². The number of anilines is 1. The first-order valence-corrected chi connectivity index (χ1v) is 11.0. The lowest BCUT2D eigenvalue weighted by atomic mass is 10.1. The van der Waals surface area contributed by atoms with Crippen LogP contribution in [0.5, 0.6) is 11.5 Å². The second kappa shape index (κ2) is 8.78. The van der Waals surface area contributed by atoms with Crippen molar-refractivity contribution < 1.29 is 9.53 Å². The Kier molecular flexibility index (Phi) is 5.52. The summed E-state index contributed by atoms with van der Waals surface area (Å²) < 4.78 is 7.90. The maximum Gasteiger partial charge on any atom is 0.246 e. The Bertz CT molecular complexity index is 1300. The lowest BCUT2D eigenvalue weighted by molar-refractivity contribution is -0.127. The lowest BCUT2D eigenvalue weighted by Gasteiger charge is -2.32. The second-order valence-electron chi connectivity index (χ2n) is 8.14. The summed E-state index contributed by atoms with van der Waals surface area (Å²) in [7, 11) is 0. The van der Waals surface area contributed by atoms with Crippen molar-refractivity contribution in [3.8, 4) is 22.8 Å². The Balaban J connectivity index is 1.50.